The van der Waals surface area contributed by atoms with Gasteiger partial charge in [0.25, 0.3) is 0 Å². The Morgan fingerprint density at radius 2 is 1.86 bits per heavy atom. The maximum absolute atomic E-state index is 12.4. The maximum atomic E-state index is 12.4. The molecule has 2 aromatic rings. The highest BCUT2D eigenvalue weighted by atomic mass is 32.1. The highest BCUT2D eigenvalue weighted by Crippen LogP contribution is 2.34. The minimum absolute atomic E-state index is 0.381. The summed E-state index contributed by atoms with van der Waals surface area (Å²) in [5.74, 6) is 1.55. The molecule has 0 radical (unpaired) electrons. The predicted octanol–water partition coefficient (Wildman–Crippen LogP) is 6.30. The standard InChI is InChI=1S/C24H34O4S/c1-16(2)14-21(17(3)4)19-9-10-23(22(15-19)24(25)26-6)28-18(5)27-12-11-20-8-7-13-29-20/h7-10,13,15-18,21H,11-12,14H2,1-6H3. The first-order valence-electron chi connectivity index (χ1n) is 10.3. The molecule has 0 N–H and O–H groups in total. The number of carbonyl (C=O) groups is 1. The number of esters is 1. The molecule has 2 unspecified atom stereocenters. The molecule has 0 saturated carbocycles. The highest BCUT2D eigenvalue weighted by molar-refractivity contribution is 7.09. The van der Waals surface area contributed by atoms with Crippen LogP contribution in [0.25, 0.3) is 0 Å². The zero-order valence-electron chi connectivity index (χ0n) is 18.4. The largest absolute Gasteiger partial charge is 0.465 e. The summed E-state index contributed by atoms with van der Waals surface area (Å²) < 4.78 is 16.7. The lowest BCUT2D eigenvalue weighted by molar-refractivity contribution is -0.0656. The molecule has 4 nitrogen and oxygen atoms in total. The Labute approximate surface area is 179 Å². The number of benzene rings is 1. The van der Waals surface area contributed by atoms with Crippen LogP contribution >= 0.6 is 11.3 Å². The number of carbonyl (C=O) groups excluding carboxylic acids is 1. The molecule has 0 fully saturated rings. The van der Waals surface area contributed by atoms with Gasteiger partial charge in [-0.3, -0.25) is 0 Å². The third-order valence-electron chi connectivity index (χ3n) is 4.94. The summed E-state index contributed by atoms with van der Waals surface area (Å²) in [5, 5.41) is 2.06. The third kappa shape index (κ3) is 7.16. The average Bonchev–Trinajstić information content (AvgIpc) is 3.19. The number of ether oxygens (including phenoxy) is 3. The molecule has 1 heterocycles. The average molecular weight is 419 g/mol. The summed E-state index contributed by atoms with van der Waals surface area (Å²) in [6.45, 7) is 11.3. The molecule has 0 aliphatic heterocycles. The van der Waals surface area contributed by atoms with E-state index in [1.54, 1.807) is 11.3 Å². The van der Waals surface area contributed by atoms with Crippen LogP contribution in [0, 0.1) is 11.8 Å². The van der Waals surface area contributed by atoms with Gasteiger partial charge >= 0.3 is 5.97 Å². The highest BCUT2D eigenvalue weighted by Gasteiger charge is 2.22. The van der Waals surface area contributed by atoms with Crippen LogP contribution in [0.5, 0.6) is 5.75 Å². The van der Waals surface area contributed by atoms with Crippen LogP contribution in [0.2, 0.25) is 0 Å². The molecule has 160 valence electrons. The molecular weight excluding hydrogens is 384 g/mol. The molecule has 1 aromatic heterocycles. The van der Waals surface area contributed by atoms with Crippen molar-refractivity contribution in [1.82, 2.24) is 0 Å². The van der Waals surface area contributed by atoms with Crippen LogP contribution in [-0.2, 0) is 15.9 Å². The van der Waals surface area contributed by atoms with Crippen LogP contribution in [0.4, 0.5) is 0 Å². The molecule has 2 atom stereocenters. The van der Waals surface area contributed by atoms with E-state index in [4.69, 9.17) is 14.2 Å². The maximum Gasteiger partial charge on any atom is 0.341 e. The van der Waals surface area contributed by atoms with Gasteiger partial charge in [-0.25, -0.2) is 4.79 Å². The SMILES string of the molecule is COC(=O)c1cc(C(CC(C)C)C(C)C)ccc1OC(C)OCCc1cccs1. The topological polar surface area (TPSA) is 44.8 Å². The van der Waals surface area contributed by atoms with Crippen molar-refractivity contribution in [2.24, 2.45) is 11.8 Å². The van der Waals surface area contributed by atoms with E-state index in [-0.39, 0.29) is 5.97 Å². The molecule has 0 bridgehead atoms. The fraction of sp³-hybridized carbons (Fsp3) is 0.542. The van der Waals surface area contributed by atoms with Gasteiger partial charge in [-0.15, -0.1) is 11.3 Å². The van der Waals surface area contributed by atoms with E-state index in [2.05, 4.69) is 45.2 Å². The smallest absolute Gasteiger partial charge is 0.341 e. The summed E-state index contributed by atoms with van der Waals surface area (Å²) in [6, 6.07) is 9.99. The number of thiophene rings is 1. The number of methoxy groups -OCH3 is 1. The molecule has 0 saturated heterocycles. The zero-order chi connectivity index (χ0) is 21.4. The van der Waals surface area contributed by atoms with Gasteiger partial charge in [-0.2, -0.15) is 0 Å². The van der Waals surface area contributed by atoms with Crippen LogP contribution in [0.15, 0.2) is 35.7 Å². The van der Waals surface area contributed by atoms with E-state index in [1.165, 1.54) is 12.0 Å². The molecule has 0 spiro atoms. The number of rotatable bonds is 11. The first-order valence-corrected chi connectivity index (χ1v) is 11.2. The summed E-state index contributed by atoms with van der Waals surface area (Å²) in [7, 11) is 1.40. The molecule has 0 aliphatic carbocycles. The van der Waals surface area contributed by atoms with Gasteiger partial charge in [0, 0.05) is 11.3 Å². The molecule has 29 heavy (non-hydrogen) atoms. The second-order valence-corrected chi connectivity index (χ2v) is 9.15. The van der Waals surface area contributed by atoms with Gasteiger partial charge in [-0.05, 0) is 60.2 Å². The monoisotopic (exact) mass is 418 g/mol. The van der Waals surface area contributed by atoms with Crippen LogP contribution in [0.3, 0.4) is 0 Å². The normalized spacial score (nSPS) is 13.5. The van der Waals surface area contributed by atoms with Crippen molar-refractivity contribution >= 4 is 17.3 Å². The molecule has 0 amide bonds. The lowest BCUT2D eigenvalue weighted by atomic mass is 9.81. The van der Waals surface area contributed by atoms with Crippen LogP contribution in [0.1, 0.15) is 67.8 Å². The van der Waals surface area contributed by atoms with Crippen molar-refractivity contribution in [3.8, 4) is 5.75 Å². The van der Waals surface area contributed by atoms with Gasteiger partial charge in [0.15, 0.2) is 6.29 Å². The Kier molecular flexibility index (Phi) is 9.18. The fourth-order valence-corrected chi connectivity index (χ4v) is 4.13. The zero-order valence-corrected chi connectivity index (χ0v) is 19.3. The lowest BCUT2D eigenvalue weighted by Crippen LogP contribution is -2.20. The summed E-state index contributed by atoms with van der Waals surface area (Å²) in [6.07, 6.45) is 1.46. The van der Waals surface area contributed by atoms with Crippen molar-refractivity contribution in [1.29, 1.82) is 0 Å². The van der Waals surface area contributed by atoms with E-state index in [9.17, 15) is 4.79 Å². The van der Waals surface area contributed by atoms with Gasteiger partial charge < -0.3 is 14.2 Å². The molecule has 0 aliphatic rings. The summed E-state index contributed by atoms with van der Waals surface area (Å²) in [4.78, 5) is 13.7. The Morgan fingerprint density at radius 1 is 1.10 bits per heavy atom. The first-order chi connectivity index (χ1) is 13.8. The fourth-order valence-electron chi connectivity index (χ4n) is 3.44. The summed E-state index contributed by atoms with van der Waals surface area (Å²) in [5.41, 5.74) is 1.60. The lowest BCUT2D eigenvalue weighted by Gasteiger charge is -2.25. The number of hydrogen-bond acceptors (Lipinski definition) is 5. The Hall–Kier alpha value is -1.85. The van der Waals surface area contributed by atoms with E-state index in [0.29, 0.717) is 35.7 Å². The van der Waals surface area contributed by atoms with Gasteiger partial charge in [0.05, 0.1) is 13.7 Å². The van der Waals surface area contributed by atoms with Crippen molar-refractivity contribution in [3.63, 3.8) is 0 Å². The molecular formula is C24H34O4S. The molecule has 5 heteroatoms. The predicted molar refractivity (Wildman–Crippen MR) is 119 cm³/mol. The molecule has 2 rings (SSSR count). The number of hydrogen-bond donors (Lipinski definition) is 0. The van der Waals surface area contributed by atoms with Crippen LogP contribution < -0.4 is 4.74 Å². The Morgan fingerprint density at radius 3 is 2.45 bits per heavy atom. The molecule has 1 aromatic carbocycles. The van der Waals surface area contributed by atoms with Gasteiger partial charge in [0.2, 0.25) is 0 Å². The second-order valence-electron chi connectivity index (χ2n) is 8.11. The van der Waals surface area contributed by atoms with E-state index < -0.39 is 6.29 Å². The van der Waals surface area contributed by atoms with Gasteiger partial charge in [0.1, 0.15) is 11.3 Å². The quantitative estimate of drug-likeness (QED) is 0.317. The minimum Gasteiger partial charge on any atom is -0.465 e. The van der Waals surface area contributed by atoms with Gasteiger partial charge in [-0.1, -0.05) is 39.8 Å². The van der Waals surface area contributed by atoms with E-state index in [1.807, 2.05) is 25.1 Å². The second kappa shape index (κ2) is 11.4. The van der Waals surface area contributed by atoms with Crippen molar-refractivity contribution < 1.29 is 19.0 Å². The van der Waals surface area contributed by atoms with E-state index >= 15 is 0 Å². The van der Waals surface area contributed by atoms with Crippen molar-refractivity contribution in [2.75, 3.05) is 13.7 Å². The third-order valence-corrected chi connectivity index (χ3v) is 5.88. The summed E-state index contributed by atoms with van der Waals surface area (Å²) >= 11 is 1.72. The van der Waals surface area contributed by atoms with Crippen molar-refractivity contribution in [3.05, 3.63) is 51.7 Å². The van der Waals surface area contributed by atoms with E-state index in [0.717, 1.165) is 18.4 Å². The Bertz CT molecular complexity index is 752. The van der Waals surface area contributed by atoms with Crippen molar-refractivity contribution in [2.45, 2.75) is 59.7 Å². The Balaban J connectivity index is 2.12. The van der Waals surface area contributed by atoms with Crippen LogP contribution in [-0.4, -0.2) is 26.0 Å². The minimum atomic E-state index is -0.458. The first kappa shape index (κ1) is 23.4.